The summed E-state index contributed by atoms with van der Waals surface area (Å²) in [5.41, 5.74) is 7.83. The number of nitrogens with zero attached hydrogens (tertiary/aromatic N) is 1. The standard InChI is InChI=1S/C12H16N2OS/c1-2-16-14-8-7-9-5-3-4-6-10(9)11(14)12(13)15/h3-6,11H,2,7-8H2,1H3,(H2,13,15). The number of rotatable bonds is 3. The van der Waals surface area contributed by atoms with Gasteiger partial charge in [0, 0.05) is 12.3 Å². The molecule has 16 heavy (non-hydrogen) atoms. The summed E-state index contributed by atoms with van der Waals surface area (Å²) in [6.07, 6.45) is 0.993. The highest BCUT2D eigenvalue weighted by Crippen LogP contribution is 2.33. The molecule has 0 saturated heterocycles. The van der Waals surface area contributed by atoms with Crippen molar-refractivity contribution in [2.24, 2.45) is 5.73 Å². The Morgan fingerprint density at radius 3 is 3.00 bits per heavy atom. The van der Waals surface area contributed by atoms with Crippen LogP contribution in [0.15, 0.2) is 24.3 Å². The van der Waals surface area contributed by atoms with Crippen LogP contribution in [-0.4, -0.2) is 22.5 Å². The van der Waals surface area contributed by atoms with Gasteiger partial charge in [-0.15, -0.1) is 0 Å². The van der Waals surface area contributed by atoms with Gasteiger partial charge in [0.05, 0.1) is 0 Å². The topological polar surface area (TPSA) is 46.3 Å². The average Bonchev–Trinajstić information content (AvgIpc) is 2.28. The molecule has 0 radical (unpaired) electrons. The van der Waals surface area contributed by atoms with E-state index >= 15 is 0 Å². The third-order valence-corrected chi connectivity index (χ3v) is 3.79. The average molecular weight is 236 g/mol. The molecule has 1 heterocycles. The van der Waals surface area contributed by atoms with Crippen molar-refractivity contribution < 1.29 is 4.79 Å². The molecule has 1 aromatic rings. The van der Waals surface area contributed by atoms with Crippen LogP contribution in [0.2, 0.25) is 0 Å². The van der Waals surface area contributed by atoms with E-state index in [2.05, 4.69) is 17.3 Å². The first-order chi connectivity index (χ1) is 7.74. The molecule has 86 valence electrons. The predicted octanol–water partition coefficient (Wildman–Crippen LogP) is 1.74. The Morgan fingerprint density at radius 1 is 1.56 bits per heavy atom. The number of fused-ring (bicyclic) bond motifs is 1. The van der Waals surface area contributed by atoms with E-state index in [1.54, 1.807) is 11.9 Å². The Hall–Kier alpha value is -1.00. The van der Waals surface area contributed by atoms with Crippen LogP contribution in [0.5, 0.6) is 0 Å². The number of nitrogens with two attached hydrogens (primary N) is 1. The number of amides is 1. The number of carbonyl (C=O) groups excluding carboxylic acids is 1. The molecule has 2 N–H and O–H groups in total. The highest BCUT2D eigenvalue weighted by molar-refractivity contribution is 7.97. The summed E-state index contributed by atoms with van der Waals surface area (Å²) < 4.78 is 2.10. The molecular weight excluding hydrogens is 220 g/mol. The van der Waals surface area contributed by atoms with E-state index in [9.17, 15) is 4.79 Å². The lowest BCUT2D eigenvalue weighted by Crippen LogP contribution is -2.38. The molecule has 0 fully saturated rings. The highest BCUT2D eigenvalue weighted by Gasteiger charge is 2.31. The van der Waals surface area contributed by atoms with Gasteiger partial charge in [-0.2, -0.15) is 0 Å². The second-order valence-corrected chi connectivity index (χ2v) is 5.12. The van der Waals surface area contributed by atoms with E-state index in [0.717, 1.165) is 24.3 Å². The summed E-state index contributed by atoms with van der Waals surface area (Å²) in [5, 5.41) is 0. The number of hydrogen-bond acceptors (Lipinski definition) is 3. The summed E-state index contributed by atoms with van der Waals surface area (Å²) in [6.45, 7) is 2.98. The minimum Gasteiger partial charge on any atom is -0.368 e. The lowest BCUT2D eigenvalue weighted by Gasteiger charge is -2.34. The fourth-order valence-corrected chi connectivity index (χ4v) is 3.06. The van der Waals surface area contributed by atoms with Gasteiger partial charge < -0.3 is 5.73 Å². The molecular formula is C12H16N2OS. The first-order valence-electron chi connectivity index (χ1n) is 5.50. The van der Waals surface area contributed by atoms with Crippen LogP contribution in [0, 0.1) is 0 Å². The molecule has 1 aliphatic rings. The zero-order valence-electron chi connectivity index (χ0n) is 9.35. The monoisotopic (exact) mass is 236 g/mol. The summed E-state index contributed by atoms with van der Waals surface area (Å²) in [6, 6.07) is 7.80. The van der Waals surface area contributed by atoms with Crippen LogP contribution < -0.4 is 5.73 Å². The molecule has 4 heteroatoms. The van der Waals surface area contributed by atoms with Gasteiger partial charge >= 0.3 is 0 Å². The van der Waals surface area contributed by atoms with Crippen molar-refractivity contribution in [2.75, 3.05) is 12.3 Å². The highest BCUT2D eigenvalue weighted by atomic mass is 32.2. The van der Waals surface area contributed by atoms with Gasteiger partial charge in [-0.05, 0) is 17.5 Å². The number of carbonyl (C=O) groups is 1. The maximum absolute atomic E-state index is 11.6. The van der Waals surface area contributed by atoms with Gasteiger partial charge in [0.15, 0.2) is 0 Å². The van der Waals surface area contributed by atoms with E-state index in [1.165, 1.54) is 5.56 Å². The Bertz CT molecular complexity index is 394. The number of hydrogen-bond donors (Lipinski definition) is 1. The molecule has 0 aromatic heterocycles. The van der Waals surface area contributed by atoms with Crippen molar-refractivity contribution in [3.63, 3.8) is 0 Å². The van der Waals surface area contributed by atoms with E-state index in [4.69, 9.17) is 5.73 Å². The van der Waals surface area contributed by atoms with Gasteiger partial charge in [0.2, 0.25) is 5.91 Å². The molecule has 3 nitrogen and oxygen atoms in total. The van der Waals surface area contributed by atoms with E-state index in [0.29, 0.717) is 0 Å². The maximum atomic E-state index is 11.6. The lowest BCUT2D eigenvalue weighted by molar-refractivity contribution is -0.121. The second kappa shape index (κ2) is 4.89. The Labute approximate surface area is 100 Å². The number of benzene rings is 1. The van der Waals surface area contributed by atoms with Gasteiger partial charge in [-0.1, -0.05) is 43.1 Å². The molecule has 1 aromatic carbocycles. The van der Waals surface area contributed by atoms with Crippen LogP contribution in [0.25, 0.3) is 0 Å². The van der Waals surface area contributed by atoms with Crippen molar-refractivity contribution >= 4 is 17.9 Å². The maximum Gasteiger partial charge on any atom is 0.240 e. The molecule has 0 saturated carbocycles. The smallest absolute Gasteiger partial charge is 0.240 e. The fraction of sp³-hybridized carbons (Fsp3) is 0.417. The van der Waals surface area contributed by atoms with Crippen molar-refractivity contribution in [1.29, 1.82) is 0 Å². The van der Waals surface area contributed by atoms with Gasteiger partial charge in [0.25, 0.3) is 0 Å². The zero-order chi connectivity index (χ0) is 11.5. The van der Waals surface area contributed by atoms with Crippen molar-refractivity contribution in [3.05, 3.63) is 35.4 Å². The quantitative estimate of drug-likeness (QED) is 0.813. The molecule has 0 bridgehead atoms. The second-order valence-electron chi connectivity index (χ2n) is 3.81. The molecule has 1 amide bonds. The Balaban J connectivity index is 2.35. The first kappa shape index (κ1) is 11.5. The first-order valence-corrected chi connectivity index (χ1v) is 6.45. The van der Waals surface area contributed by atoms with E-state index < -0.39 is 0 Å². The van der Waals surface area contributed by atoms with Crippen LogP contribution in [0.1, 0.15) is 24.1 Å². The minimum atomic E-state index is -0.269. The SMILES string of the molecule is CCSN1CCc2ccccc2C1C(N)=O. The molecule has 0 spiro atoms. The molecule has 1 aliphatic heterocycles. The van der Waals surface area contributed by atoms with Crippen molar-refractivity contribution in [3.8, 4) is 0 Å². The van der Waals surface area contributed by atoms with Crippen LogP contribution >= 0.6 is 11.9 Å². The van der Waals surface area contributed by atoms with Crippen LogP contribution in [0.3, 0.4) is 0 Å². The summed E-state index contributed by atoms with van der Waals surface area (Å²) >= 11 is 1.68. The van der Waals surface area contributed by atoms with Crippen LogP contribution in [-0.2, 0) is 11.2 Å². The number of primary amides is 1. The summed E-state index contributed by atoms with van der Waals surface area (Å²) in [4.78, 5) is 11.6. The Kier molecular flexibility index (Phi) is 3.51. The van der Waals surface area contributed by atoms with Crippen molar-refractivity contribution in [2.45, 2.75) is 19.4 Å². The normalized spacial score (nSPS) is 20.4. The molecule has 1 atom stereocenters. The van der Waals surface area contributed by atoms with Gasteiger partial charge in [-0.3, -0.25) is 4.79 Å². The van der Waals surface area contributed by atoms with Crippen molar-refractivity contribution in [1.82, 2.24) is 4.31 Å². The molecule has 1 unspecified atom stereocenters. The minimum absolute atomic E-state index is 0.256. The third-order valence-electron chi connectivity index (χ3n) is 2.80. The van der Waals surface area contributed by atoms with Gasteiger partial charge in [-0.25, -0.2) is 4.31 Å². The van der Waals surface area contributed by atoms with Gasteiger partial charge in [0.1, 0.15) is 6.04 Å². The largest absolute Gasteiger partial charge is 0.368 e. The summed E-state index contributed by atoms with van der Waals surface area (Å²) in [7, 11) is 0. The lowest BCUT2D eigenvalue weighted by atomic mass is 9.94. The van der Waals surface area contributed by atoms with E-state index in [-0.39, 0.29) is 11.9 Å². The van der Waals surface area contributed by atoms with Crippen LogP contribution in [0.4, 0.5) is 0 Å². The molecule has 2 rings (SSSR count). The Morgan fingerprint density at radius 2 is 2.31 bits per heavy atom. The fourth-order valence-electron chi connectivity index (χ4n) is 2.14. The van der Waals surface area contributed by atoms with E-state index in [1.807, 2.05) is 18.2 Å². The predicted molar refractivity (Wildman–Crippen MR) is 66.9 cm³/mol. The zero-order valence-corrected chi connectivity index (χ0v) is 10.2. The molecule has 0 aliphatic carbocycles. The third kappa shape index (κ3) is 2.08. The summed E-state index contributed by atoms with van der Waals surface area (Å²) in [5.74, 6) is 0.708.